The summed E-state index contributed by atoms with van der Waals surface area (Å²) in [5, 5.41) is 0. The predicted octanol–water partition coefficient (Wildman–Crippen LogP) is 2.53. The maximum absolute atomic E-state index is 10.9. The second kappa shape index (κ2) is 3.53. The molecule has 1 rings (SSSR count). The molecule has 4 heteroatoms. The fourth-order valence-electron chi connectivity index (χ4n) is 0.521. The summed E-state index contributed by atoms with van der Waals surface area (Å²) in [5.74, 6) is 0.0163. The third-order valence-electron chi connectivity index (χ3n) is 1.19. The SMILES string of the molecule is O=C(OC(Br)=CBr)C1CC1. The molecule has 0 N–H and O–H groups in total. The zero-order chi connectivity index (χ0) is 7.56. The van der Waals surface area contributed by atoms with Crippen LogP contribution in [0.4, 0.5) is 0 Å². The third kappa shape index (κ3) is 2.42. The van der Waals surface area contributed by atoms with Crippen molar-refractivity contribution in [3.8, 4) is 0 Å². The van der Waals surface area contributed by atoms with Gasteiger partial charge in [-0.05, 0) is 28.8 Å². The second-order valence-corrected chi connectivity index (χ2v) is 3.35. The summed E-state index contributed by atoms with van der Waals surface area (Å²) in [6.45, 7) is 0. The van der Waals surface area contributed by atoms with Crippen LogP contribution in [-0.4, -0.2) is 5.97 Å². The topological polar surface area (TPSA) is 26.3 Å². The van der Waals surface area contributed by atoms with E-state index in [0.29, 0.717) is 4.67 Å². The number of ether oxygens (including phenoxy) is 1. The van der Waals surface area contributed by atoms with Crippen LogP contribution in [0.5, 0.6) is 0 Å². The largest absolute Gasteiger partial charge is 0.418 e. The van der Waals surface area contributed by atoms with Crippen LogP contribution < -0.4 is 0 Å². The smallest absolute Gasteiger partial charge is 0.314 e. The summed E-state index contributed by atoms with van der Waals surface area (Å²) in [6.07, 6.45) is 1.95. The van der Waals surface area contributed by atoms with Crippen molar-refractivity contribution in [2.45, 2.75) is 12.8 Å². The Bertz CT molecular complexity index is 173. The van der Waals surface area contributed by atoms with Gasteiger partial charge in [0, 0.05) is 4.99 Å². The van der Waals surface area contributed by atoms with Crippen molar-refractivity contribution >= 4 is 37.8 Å². The molecule has 0 aliphatic heterocycles. The van der Waals surface area contributed by atoms with E-state index in [1.54, 1.807) is 0 Å². The van der Waals surface area contributed by atoms with Crippen molar-refractivity contribution in [3.05, 3.63) is 9.65 Å². The van der Waals surface area contributed by atoms with Gasteiger partial charge in [-0.3, -0.25) is 4.79 Å². The number of esters is 1. The fourth-order valence-corrected chi connectivity index (χ4v) is 0.774. The molecule has 1 aliphatic rings. The Hall–Kier alpha value is 0.170. The third-order valence-corrected chi connectivity index (χ3v) is 2.62. The lowest BCUT2D eigenvalue weighted by Crippen LogP contribution is -2.02. The van der Waals surface area contributed by atoms with Gasteiger partial charge in [-0.15, -0.1) is 0 Å². The lowest BCUT2D eigenvalue weighted by atomic mass is 10.4. The Morgan fingerprint density at radius 3 is 2.60 bits per heavy atom. The van der Waals surface area contributed by atoms with E-state index in [9.17, 15) is 4.79 Å². The average molecular weight is 270 g/mol. The highest BCUT2D eigenvalue weighted by molar-refractivity contribution is 9.13. The van der Waals surface area contributed by atoms with Gasteiger partial charge >= 0.3 is 5.97 Å². The van der Waals surface area contributed by atoms with Crippen LogP contribution in [0.25, 0.3) is 0 Å². The van der Waals surface area contributed by atoms with Crippen molar-refractivity contribution in [2.24, 2.45) is 5.92 Å². The van der Waals surface area contributed by atoms with Crippen LogP contribution >= 0.6 is 31.9 Å². The molecule has 0 aromatic heterocycles. The minimum atomic E-state index is -0.137. The molecule has 0 atom stereocenters. The summed E-state index contributed by atoms with van der Waals surface area (Å²) in [5.41, 5.74) is 0. The molecule has 0 aromatic carbocycles. The Labute approximate surface area is 75.9 Å². The number of carbonyl (C=O) groups is 1. The first-order valence-electron chi connectivity index (χ1n) is 2.91. The molecule has 0 spiro atoms. The van der Waals surface area contributed by atoms with Crippen molar-refractivity contribution in [3.63, 3.8) is 0 Å². The quantitative estimate of drug-likeness (QED) is 0.569. The number of hydrogen-bond donors (Lipinski definition) is 0. The molecule has 0 aromatic rings. The molecule has 0 unspecified atom stereocenters. The normalized spacial score (nSPS) is 18.8. The van der Waals surface area contributed by atoms with Gasteiger partial charge < -0.3 is 4.74 Å². The van der Waals surface area contributed by atoms with Crippen LogP contribution in [0.1, 0.15) is 12.8 Å². The molecule has 0 saturated heterocycles. The Kier molecular flexibility index (Phi) is 2.92. The molecule has 56 valence electrons. The molecule has 2 nitrogen and oxygen atoms in total. The molecule has 0 amide bonds. The number of halogens is 2. The monoisotopic (exact) mass is 268 g/mol. The highest BCUT2D eigenvalue weighted by Gasteiger charge is 2.31. The number of rotatable bonds is 2. The minimum absolute atomic E-state index is 0.137. The van der Waals surface area contributed by atoms with Gasteiger partial charge in [0.15, 0.2) is 4.67 Å². The van der Waals surface area contributed by atoms with Gasteiger partial charge in [-0.25, -0.2) is 0 Å². The van der Waals surface area contributed by atoms with E-state index in [-0.39, 0.29) is 11.9 Å². The van der Waals surface area contributed by atoms with Crippen LogP contribution in [0.15, 0.2) is 9.65 Å². The number of hydrogen-bond acceptors (Lipinski definition) is 2. The van der Waals surface area contributed by atoms with E-state index in [1.807, 2.05) is 0 Å². The fraction of sp³-hybridized carbons (Fsp3) is 0.500. The van der Waals surface area contributed by atoms with Crippen LogP contribution in [0, 0.1) is 5.92 Å². The maximum atomic E-state index is 10.9. The summed E-state index contributed by atoms with van der Waals surface area (Å²) >= 11 is 6.07. The van der Waals surface area contributed by atoms with Gasteiger partial charge in [-0.2, -0.15) is 0 Å². The molecular weight excluding hydrogens is 264 g/mol. The maximum Gasteiger partial charge on any atom is 0.314 e. The molecule has 0 radical (unpaired) electrons. The molecule has 0 bridgehead atoms. The van der Waals surface area contributed by atoms with Gasteiger partial charge in [-0.1, -0.05) is 15.9 Å². The number of carbonyl (C=O) groups excluding carboxylic acids is 1. The highest BCUT2D eigenvalue weighted by Crippen LogP contribution is 2.31. The lowest BCUT2D eigenvalue weighted by Gasteiger charge is -1.97. The molecule has 1 aliphatic carbocycles. The van der Waals surface area contributed by atoms with Crippen molar-refractivity contribution < 1.29 is 9.53 Å². The predicted molar refractivity (Wildman–Crippen MR) is 44.8 cm³/mol. The van der Waals surface area contributed by atoms with E-state index in [0.717, 1.165) is 12.8 Å². The zero-order valence-electron chi connectivity index (χ0n) is 5.14. The summed E-state index contributed by atoms with van der Waals surface area (Å²) in [6, 6.07) is 0. The van der Waals surface area contributed by atoms with Gasteiger partial charge in [0.25, 0.3) is 0 Å². The molecule has 0 heterocycles. The minimum Gasteiger partial charge on any atom is -0.418 e. The summed E-state index contributed by atoms with van der Waals surface area (Å²) < 4.78 is 5.25. The van der Waals surface area contributed by atoms with Crippen molar-refractivity contribution in [1.82, 2.24) is 0 Å². The van der Waals surface area contributed by atoms with Crippen LogP contribution in [0.2, 0.25) is 0 Å². The molecule has 10 heavy (non-hydrogen) atoms. The zero-order valence-corrected chi connectivity index (χ0v) is 8.31. The summed E-state index contributed by atoms with van der Waals surface area (Å²) in [4.78, 5) is 12.4. The molecular formula is C6H6Br2O2. The first-order chi connectivity index (χ1) is 4.74. The van der Waals surface area contributed by atoms with E-state index >= 15 is 0 Å². The lowest BCUT2D eigenvalue weighted by molar-refractivity contribution is -0.139. The Morgan fingerprint density at radius 2 is 2.20 bits per heavy atom. The van der Waals surface area contributed by atoms with E-state index in [1.165, 1.54) is 4.99 Å². The second-order valence-electron chi connectivity index (χ2n) is 2.11. The van der Waals surface area contributed by atoms with E-state index < -0.39 is 0 Å². The van der Waals surface area contributed by atoms with Gasteiger partial charge in [0.05, 0.1) is 5.92 Å². The standard InChI is InChI=1S/C6H6Br2O2/c7-3-5(8)10-6(9)4-1-2-4/h3-4H,1-2H2. The van der Waals surface area contributed by atoms with Crippen molar-refractivity contribution in [2.75, 3.05) is 0 Å². The summed E-state index contributed by atoms with van der Waals surface area (Å²) in [7, 11) is 0. The van der Waals surface area contributed by atoms with Gasteiger partial charge in [0.1, 0.15) is 0 Å². The first kappa shape index (κ1) is 8.27. The van der Waals surface area contributed by atoms with E-state index in [4.69, 9.17) is 4.74 Å². The van der Waals surface area contributed by atoms with Crippen LogP contribution in [0.3, 0.4) is 0 Å². The van der Waals surface area contributed by atoms with E-state index in [2.05, 4.69) is 31.9 Å². The molecule has 1 fully saturated rings. The molecule has 1 saturated carbocycles. The van der Waals surface area contributed by atoms with Gasteiger partial charge in [0.2, 0.25) is 0 Å². The Morgan fingerprint density at radius 1 is 1.60 bits per heavy atom. The van der Waals surface area contributed by atoms with Crippen LogP contribution in [-0.2, 0) is 9.53 Å². The first-order valence-corrected chi connectivity index (χ1v) is 4.62. The average Bonchev–Trinajstić information content (AvgIpc) is 2.68. The highest BCUT2D eigenvalue weighted by atomic mass is 79.9. The van der Waals surface area contributed by atoms with Crippen molar-refractivity contribution in [1.29, 1.82) is 0 Å². The Balaban J connectivity index is 2.30.